The van der Waals surface area contributed by atoms with E-state index in [2.05, 4.69) is 0 Å². The lowest BCUT2D eigenvalue weighted by molar-refractivity contribution is -0.116. The number of amides is 1. The van der Waals surface area contributed by atoms with Crippen LogP contribution in [0, 0.1) is 6.92 Å². The molecule has 0 radical (unpaired) electrons. The molecule has 1 amide bonds. The maximum Gasteiger partial charge on any atom is 0.239 e. The monoisotopic (exact) mass is 468 g/mol. The number of nitrogens with zero attached hydrogens (tertiary/aromatic N) is 2. The van der Waals surface area contributed by atoms with Crippen LogP contribution in [-0.4, -0.2) is 23.8 Å². The third kappa shape index (κ3) is 5.03. The fourth-order valence-corrected chi connectivity index (χ4v) is 5.10. The fraction of sp³-hybridized carbons (Fsp3) is 0.167. The average Bonchev–Trinajstić information content (AvgIpc) is 3.24. The predicted molar refractivity (Wildman–Crippen MR) is 131 cm³/mol. The molecule has 0 atom stereocenters. The molecule has 0 aliphatic heterocycles. The van der Waals surface area contributed by atoms with Gasteiger partial charge in [-0.25, -0.2) is 4.98 Å². The van der Waals surface area contributed by atoms with E-state index in [1.165, 1.54) is 23.1 Å². The van der Waals surface area contributed by atoms with Gasteiger partial charge in [-0.05, 0) is 54.4 Å². The first-order chi connectivity index (χ1) is 15.0. The molecular formula is C24H21ClN2O2S2. The molecule has 0 N–H and O–H groups in total. The summed E-state index contributed by atoms with van der Waals surface area (Å²) in [4.78, 5) is 20.9. The smallest absolute Gasteiger partial charge is 0.239 e. The minimum atomic E-state index is 0.00692. The van der Waals surface area contributed by atoms with E-state index in [0.29, 0.717) is 22.5 Å². The molecule has 0 fully saturated rings. The van der Waals surface area contributed by atoms with E-state index in [4.69, 9.17) is 21.3 Å². The van der Waals surface area contributed by atoms with Crippen LogP contribution in [-0.2, 0) is 11.3 Å². The lowest BCUT2D eigenvalue weighted by Gasteiger charge is -2.20. The summed E-state index contributed by atoms with van der Waals surface area (Å²) in [5.41, 5.74) is 2.84. The molecule has 0 bridgehead atoms. The van der Waals surface area contributed by atoms with Crippen LogP contribution < -0.4 is 9.64 Å². The van der Waals surface area contributed by atoms with Crippen molar-refractivity contribution in [3.05, 3.63) is 82.9 Å². The van der Waals surface area contributed by atoms with Crippen molar-refractivity contribution in [2.24, 2.45) is 0 Å². The van der Waals surface area contributed by atoms with Gasteiger partial charge in [0.25, 0.3) is 0 Å². The highest BCUT2D eigenvalue weighted by molar-refractivity contribution is 8.00. The zero-order chi connectivity index (χ0) is 21.8. The summed E-state index contributed by atoms with van der Waals surface area (Å²) in [6.07, 6.45) is 0. The Bertz CT molecular complexity index is 1190. The maximum atomic E-state index is 13.3. The normalized spacial score (nSPS) is 10.9. The van der Waals surface area contributed by atoms with Gasteiger partial charge in [0.15, 0.2) is 5.13 Å². The summed E-state index contributed by atoms with van der Waals surface area (Å²) < 4.78 is 6.22. The van der Waals surface area contributed by atoms with Crippen LogP contribution in [0.5, 0.6) is 5.75 Å². The Balaban J connectivity index is 1.60. The van der Waals surface area contributed by atoms with Crippen LogP contribution in [0.25, 0.3) is 10.2 Å². The van der Waals surface area contributed by atoms with Crippen LogP contribution in [0.4, 0.5) is 5.13 Å². The molecule has 1 heterocycles. The van der Waals surface area contributed by atoms with Crippen molar-refractivity contribution in [1.82, 2.24) is 4.98 Å². The Labute approximate surface area is 194 Å². The van der Waals surface area contributed by atoms with Crippen LogP contribution >= 0.6 is 34.7 Å². The Morgan fingerprint density at radius 1 is 1.10 bits per heavy atom. The molecule has 0 spiro atoms. The average molecular weight is 469 g/mol. The summed E-state index contributed by atoms with van der Waals surface area (Å²) in [6, 6.07) is 21.5. The second-order valence-corrected chi connectivity index (χ2v) is 9.41. The highest BCUT2D eigenvalue weighted by atomic mass is 35.5. The molecule has 0 aliphatic carbocycles. The number of thiazole rings is 1. The van der Waals surface area contributed by atoms with E-state index in [1.54, 1.807) is 12.0 Å². The summed E-state index contributed by atoms with van der Waals surface area (Å²) in [7, 11) is 1.64. The van der Waals surface area contributed by atoms with Crippen LogP contribution in [0.1, 0.15) is 11.1 Å². The minimum absolute atomic E-state index is 0.00692. The Morgan fingerprint density at radius 2 is 1.84 bits per heavy atom. The molecule has 4 rings (SSSR count). The van der Waals surface area contributed by atoms with E-state index in [1.807, 2.05) is 73.7 Å². The third-order valence-electron chi connectivity index (χ3n) is 4.87. The zero-order valence-corrected chi connectivity index (χ0v) is 19.6. The number of ether oxygens (including phenoxy) is 1. The molecule has 4 nitrogen and oxygen atoms in total. The van der Waals surface area contributed by atoms with Gasteiger partial charge >= 0.3 is 0 Å². The van der Waals surface area contributed by atoms with Gasteiger partial charge in [-0.1, -0.05) is 53.3 Å². The number of methoxy groups -OCH3 is 1. The summed E-state index contributed by atoms with van der Waals surface area (Å²) in [5.74, 6) is 1.12. The lowest BCUT2D eigenvalue weighted by Crippen LogP contribution is -2.31. The predicted octanol–water partition coefficient (Wildman–Crippen LogP) is 6.59. The topological polar surface area (TPSA) is 42.4 Å². The number of hydrogen-bond acceptors (Lipinski definition) is 5. The zero-order valence-electron chi connectivity index (χ0n) is 17.2. The van der Waals surface area contributed by atoms with E-state index < -0.39 is 0 Å². The van der Waals surface area contributed by atoms with Crippen molar-refractivity contribution in [2.45, 2.75) is 18.4 Å². The van der Waals surface area contributed by atoms with Gasteiger partial charge in [-0.15, -0.1) is 11.8 Å². The molecule has 31 heavy (non-hydrogen) atoms. The number of carbonyl (C=O) groups excluding carboxylic acids is 1. The number of hydrogen-bond donors (Lipinski definition) is 0. The first kappa shape index (κ1) is 21.7. The number of aromatic nitrogens is 1. The van der Waals surface area contributed by atoms with E-state index in [-0.39, 0.29) is 5.91 Å². The van der Waals surface area contributed by atoms with Gasteiger partial charge in [0.1, 0.15) is 5.75 Å². The van der Waals surface area contributed by atoms with Crippen molar-refractivity contribution in [2.75, 3.05) is 17.8 Å². The van der Waals surface area contributed by atoms with Crippen molar-refractivity contribution in [3.8, 4) is 5.75 Å². The molecule has 4 aromatic rings. The third-order valence-corrected chi connectivity index (χ3v) is 7.32. The maximum absolute atomic E-state index is 13.3. The fourth-order valence-electron chi connectivity index (χ4n) is 3.13. The van der Waals surface area contributed by atoms with Crippen molar-refractivity contribution in [3.63, 3.8) is 0 Å². The van der Waals surface area contributed by atoms with Gasteiger partial charge in [0, 0.05) is 9.92 Å². The van der Waals surface area contributed by atoms with Crippen molar-refractivity contribution in [1.29, 1.82) is 0 Å². The van der Waals surface area contributed by atoms with Crippen LogP contribution in [0.15, 0.2) is 71.6 Å². The standard InChI is InChI=1S/C24H21ClN2O2S2/c1-16-20(25)12-13-21-23(16)26-24(31-21)27(14-17-6-4-3-5-7-17)22(28)15-30-19-10-8-18(29-2)9-11-19/h3-13H,14-15H2,1-2H3. The van der Waals surface area contributed by atoms with Gasteiger partial charge in [-0.2, -0.15) is 0 Å². The number of halogens is 1. The molecule has 0 unspecified atom stereocenters. The molecule has 158 valence electrons. The number of aryl methyl sites for hydroxylation is 1. The number of carbonyl (C=O) groups is 1. The number of fused-ring (bicyclic) bond motifs is 1. The Hall–Kier alpha value is -2.54. The van der Waals surface area contributed by atoms with Crippen LogP contribution in [0.2, 0.25) is 5.02 Å². The minimum Gasteiger partial charge on any atom is -0.497 e. The summed E-state index contributed by atoms with van der Waals surface area (Å²) in [5, 5.41) is 1.37. The molecule has 3 aromatic carbocycles. The first-order valence-corrected chi connectivity index (χ1v) is 11.9. The molecule has 0 aliphatic rings. The number of rotatable bonds is 7. The first-order valence-electron chi connectivity index (χ1n) is 9.72. The van der Waals surface area contributed by atoms with Crippen molar-refractivity contribution >= 4 is 56.0 Å². The van der Waals surface area contributed by atoms with Gasteiger partial charge < -0.3 is 4.74 Å². The van der Waals surface area contributed by atoms with E-state index >= 15 is 0 Å². The number of thioether (sulfide) groups is 1. The molecule has 0 saturated heterocycles. The second-order valence-electron chi connectivity index (χ2n) is 6.95. The van der Waals surface area contributed by atoms with Crippen molar-refractivity contribution < 1.29 is 9.53 Å². The molecular weight excluding hydrogens is 448 g/mol. The SMILES string of the molecule is COc1ccc(SCC(=O)N(Cc2ccccc2)c2nc3c(C)c(Cl)ccc3s2)cc1. The Morgan fingerprint density at radius 3 is 2.55 bits per heavy atom. The van der Waals surface area contributed by atoms with E-state index in [0.717, 1.165) is 32.0 Å². The van der Waals surface area contributed by atoms with Gasteiger partial charge in [-0.3, -0.25) is 9.69 Å². The van der Waals surface area contributed by atoms with E-state index in [9.17, 15) is 4.79 Å². The number of benzene rings is 3. The van der Waals surface area contributed by atoms with Crippen LogP contribution in [0.3, 0.4) is 0 Å². The quantitative estimate of drug-likeness (QED) is 0.287. The highest BCUT2D eigenvalue weighted by Crippen LogP contribution is 2.34. The summed E-state index contributed by atoms with van der Waals surface area (Å²) >= 11 is 9.29. The molecule has 1 aromatic heterocycles. The molecule has 0 saturated carbocycles. The Kier molecular flexibility index (Phi) is 6.80. The van der Waals surface area contributed by atoms with Gasteiger partial charge in [0.2, 0.25) is 5.91 Å². The summed E-state index contributed by atoms with van der Waals surface area (Å²) in [6.45, 7) is 2.42. The number of anilines is 1. The highest BCUT2D eigenvalue weighted by Gasteiger charge is 2.21. The second kappa shape index (κ2) is 9.73. The molecule has 7 heteroatoms. The lowest BCUT2D eigenvalue weighted by atomic mass is 10.2. The van der Waals surface area contributed by atoms with Gasteiger partial charge in [0.05, 0.1) is 29.6 Å². The largest absolute Gasteiger partial charge is 0.497 e.